The first-order valence-electron chi connectivity index (χ1n) is 8.81. The molecular weight excluding hydrogens is 338 g/mol. The van der Waals surface area contributed by atoms with E-state index < -0.39 is 6.04 Å². The van der Waals surface area contributed by atoms with Gasteiger partial charge < -0.3 is 10.1 Å². The number of fused-ring (bicyclic) bond motifs is 1. The van der Waals surface area contributed by atoms with Gasteiger partial charge in [0.2, 0.25) is 0 Å². The number of nitrogens with one attached hydrogen (secondary N) is 2. The van der Waals surface area contributed by atoms with Gasteiger partial charge in [-0.25, -0.2) is 5.43 Å². The monoisotopic (exact) mass is 361 g/mol. The number of carbonyl (C=O) groups excluding carboxylic acids is 1. The molecule has 3 aromatic rings. The van der Waals surface area contributed by atoms with Gasteiger partial charge in [0.25, 0.3) is 5.91 Å². The molecule has 0 bridgehead atoms. The molecule has 0 heterocycles. The minimum absolute atomic E-state index is 0.198. The predicted octanol–water partition coefficient (Wildman–Crippen LogP) is 4.19. The minimum Gasteiger partial charge on any atom is -0.497 e. The smallest absolute Gasteiger partial charge is 0.262 e. The van der Waals surface area contributed by atoms with Crippen molar-refractivity contribution in [3.63, 3.8) is 0 Å². The van der Waals surface area contributed by atoms with Crippen LogP contribution in [0.25, 0.3) is 10.8 Å². The first-order chi connectivity index (χ1) is 13.1. The molecule has 27 heavy (non-hydrogen) atoms. The number of rotatable bonds is 6. The number of ether oxygens (including phenoxy) is 1. The largest absolute Gasteiger partial charge is 0.497 e. The Hall–Kier alpha value is -3.34. The molecule has 2 N–H and O–H groups in total. The maximum Gasteiger partial charge on any atom is 0.262 e. The van der Waals surface area contributed by atoms with Crippen molar-refractivity contribution in [2.24, 2.45) is 5.10 Å². The predicted molar refractivity (Wildman–Crippen MR) is 110 cm³/mol. The number of hydrogen-bond donors (Lipinski definition) is 2. The van der Waals surface area contributed by atoms with E-state index in [9.17, 15) is 4.79 Å². The molecule has 0 spiro atoms. The number of carbonyl (C=O) groups is 1. The zero-order chi connectivity index (χ0) is 19.2. The Morgan fingerprint density at radius 2 is 1.70 bits per heavy atom. The van der Waals surface area contributed by atoms with Gasteiger partial charge in [0.1, 0.15) is 11.8 Å². The van der Waals surface area contributed by atoms with E-state index >= 15 is 0 Å². The fourth-order valence-electron chi connectivity index (χ4n) is 2.78. The van der Waals surface area contributed by atoms with Crippen molar-refractivity contribution in [2.45, 2.75) is 19.9 Å². The van der Waals surface area contributed by atoms with Gasteiger partial charge in [-0.2, -0.15) is 5.10 Å². The van der Waals surface area contributed by atoms with Gasteiger partial charge in [-0.3, -0.25) is 4.79 Å². The molecule has 3 aromatic carbocycles. The fourth-order valence-corrected chi connectivity index (χ4v) is 2.78. The summed E-state index contributed by atoms with van der Waals surface area (Å²) in [6.07, 6.45) is 0. The van der Waals surface area contributed by atoms with Crippen molar-refractivity contribution in [2.75, 3.05) is 12.4 Å². The van der Waals surface area contributed by atoms with Crippen LogP contribution in [0, 0.1) is 0 Å². The molecule has 0 aromatic heterocycles. The molecule has 0 radical (unpaired) electrons. The van der Waals surface area contributed by atoms with Crippen molar-refractivity contribution in [3.8, 4) is 5.75 Å². The summed E-state index contributed by atoms with van der Waals surface area (Å²) in [6, 6.07) is 21.2. The van der Waals surface area contributed by atoms with E-state index in [1.54, 1.807) is 7.11 Å². The highest BCUT2D eigenvalue weighted by atomic mass is 16.5. The van der Waals surface area contributed by atoms with E-state index in [2.05, 4.69) is 15.8 Å². The molecule has 0 saturated carbocycles. The Morgan fingerprint density at radius 3 is 2.44 bits per heavy atom. The van der Waals surface area contributed by atoms with Crippen LogP contribution in [0.15, 0.2) is 71.8 Å². The number of hydrogen-bond acceptors (Lipinski definition) is 4. The summed E-state index contributed by atoms with van der Waals surface area (Å²) in [7, 11) is 1.63. The van der Waals surface area contributed by atoms with Gasteiger partial charge in [-0.05, 0) is 55.1 Å². The SMILES string of the molecule is COc1ccc(C(C)=NNC(=O)C(C)Nc2cccc3ccccc23)cc1. The number of amides is 1. The average Bonchev–Trinajstić information content (AvgIpc) is 2.72. The molecule has 5 heteroatoms. The summed E-state index contributed by atoms with van der Waals surface area (Å²) in [5.74, 6) is 0.583. The highest BCUT2D eigenvalue weighted by Crippen LogP contribution is 2.23. The highest BCUT2D eigenvalue weighted by Gasteiger charge is 2.13. The highest BCUT2D eigenvalue weighted by molar-refractivity contribution is 6.00. The maximum absolute atomic E-state index is 12.4. The zero-order valence-electron chi connectivity index (χ0n) is 15.7. The van der Waals surface area contributed by atoms with E-state index in [1.165, 1.54) is 0 Å². The van der Waals surface area contributed by atoms with Crippen molar-refractivity contribution in [1.29, 1.82) is 0 Å². The molecule has 0 saturated heterocycles. The number of nitrogens with zero attached hydrogens (tertiary/aromatic N) is 1. The van der Waals surface area contributed by atoms with Gasteiger partial charge in [0, 0.05) is 11.1 Å². The third-order valence-corrected chi connectivity index (χ3v) is 4.40. The normalized spacial score (nSPS) is 12.5. The molecular formula is C22H23N3O2. The summed E-state index contributed by atoms with van der Waals surface area (Å²) in [6.45, 7) is 3.67. The Bertz CT molecular complexity index is 959. The summed E-state index contributed by atoms with van der Waals surface area (Å²) < 4.78 is 5.15. The third-order valence-electron chi connectivity index (χ3n) is 4.40. The molecule has 0 aliphatic carbocycles. The Labute approximate surface area is 159 Å². The van der Waals surface area contributed by atoms with Crippen LogP contribution in [0.3, 0.4) is 0 Å². The van der Waals surface area contributed by atoms with E-state index in [-0.39, 0.29) is 5.91 Å². The summed E-state index contributed by atoms with van der Waals surface area (Å²) in [5, 5.41) is 9.69. The van der Waals surface area contributed by atoms with Crippen LogP contribution in [0.5, 0.6) is 5.75 Å². The van der Waals surface area contributed by atoms with Crippen LogP contribution in [0.4, 0.5) is 5.69 Å². The quantitative estimate of drug-likeness (QED) is 0.511. The Kier molecular flexibility index (Phi) is 5.71. The lowest BCUT2D eigenvalue weighted by Gasteiger charge is -2.15. The van der Waals surface area contributed by atoms with Crippen molar-refractivity contribution in [1.82, 2.24) is 5.43 Å². The molecule has 5 nitrogen and oxygen atoms in total. The molecule has 1 atom stereocenters. The second-order valence-electron chi connectivity index (χ2n) is 6.29. The van der Waals surface area contributed by atoms with Crippen LogP contribution in [-0.4, -0.2) is 24.8 Å². The van der Waals surface area contributed by atoms with E-state index in [0.717, 1.165) is 33.5 Å². The summed E-state index contributed by atoms with van der Waals surface area (Å²) in [5.41, 5.74) is 5.20. The van der Waals surface area contributed by atoms with Crippen LogP contribution in [0.2, 0.25) is 0 Å². The molecule has 138 valence electrons. The van der Waals surface area contributed by atoms with Crippen molar-refractivity contribution >= 4 is 28.1 Å². The fraction of sp³-hybridized carbons (Fsp3) is 0.182. The summed E-state index contributed by atoms with van der Waals surface area (Å²) in [4.78, 5) is 12.4. The van der Waals surface area contributed by atoms with E-state index in [0.29, 0.717) is 0 Å². The second kappa shape index (κ2) is 8.36. The van der Waals surface area contributed by atoms with Gasteiger partial charge in [-0.15, -0.1) is 0 Å². The Balaban J connectivity index is 1.66. The van der Waals surface area contributed by atoms with Crippen molar-refractivity contribution in [3.05, 3.63) is 72.3 Å². The van der Waals surface area contributed by atoms with Crippen LogP contribution in [0.1, 0.15) is 19.4 Å². The number of methoxy groups -OCH3 is 1. The molecule has 0 aliphatic heterocycles. The number of anilines is 1. The molecule has 1 unspecified atom stereocenters. The van der Waals surface area contributed by atoms with Gasteiger partial charge in [0.05, 0.1) is 12.8 Å². The van der Waals surface area contributed by atoms with Crippen molar-refractivity contribution < 1.29 is 9.53 Å². The molecule has 3 rings (SSSR count). The zero-order valence-corrected chi connectivity index (χ0v) is 15.7. The molecule has 0 aliphatic rings. The van der Waals surface area contributed by atoms with Gasteiger partial charge in [-0.1, -0.05) is 36.4 Å². The molecule has 1 amide bonds. The third kappa shape index (κ3) is 4.44. The van der Waals surface area contributed by atoms with Crippen LogP contribution >= 0.6 is 0 Å². The topological polar surface area (TPSA) is 62.7 Å². The maximum atomic E-state index is 12.4. The summed E-state index contributed by atoms with van der Waals surface area (Å²) >= 11 is 0. The lowest BCUT2D eigenvalue weighted by molar-refractivity contribution is -0.121. The van der Waals surface area contributed by atoms with E-state index in [1.807, 2.05) is 80.6 Å². The molecule has 0 fully saturated rings. The van der Waals surface area contributed by atoms with Crippen LogP contribution < -0.4 is 15.5 Å². The lowest BCUT2D eigenvalue weighted by atomic mass is 10.1. The number of hydrazone groups is 1. The van der Waals surface area contributed by atoms with E-state index in [4.69, 9.17) is 4.74 Å². The first-order valence-corrected chi connectivity index (χ1v) is 8.81. The van der Waals surface area contributed by atoms with Gasteiger partial charge >= 0.3 is 0 Å². The lowest BCUT2D eigenvalue weighted by Crippen LogP contribution is -2.35. The Morgan fingerprint density at radius 1 is 1.00 bits per heavy atom. The number of benzene rings is 3. The average molecular weight is 361 g/mol. The standard InChI is InChI=1S/C22H23N3O2/c1-15(17-11-13-19(27-3)14-12-17)24-25-22(26)16(2)23-21-10-6-8-18-7-4-5-9-20(18)21/h4-14,16,23H,1-3H3,(H,25,26). The minimum atomic E-state index is -0.428. The first kappa shape index (κ1) is 18.5. The second-order valence-corrected chi connectivity index (χ2v) is 6.29. The van der Waals surface area contributed by atoms with Gasteiger partial charge in [0.15, 0.2) is 0 Å². The van der Waals surface area contributed by atoms with Crippen LogP contribution in [-0.2, 0) is 4.79 Å².